The van der Waals surface area contributed by atoms with Crippen LogP contribution in [-0.2, 0) is 6.42 Å². The number of para-hydroxylation sites is 1. The maximum atomic E-state index is 9.59. The Morgan fingerprint density at radius 1 is 1.27 bits per heavy atom. The number of nitrogens with zero attached hydrogens (tertiary/aromatic N) is 3. The molecule has 7 nitrogen and oxygen atoms in total. The van der Waals surface area contributed by atoms with Crippen LogP contribution >= 0.6 is 0 Å². The molecule has 0 fully saturated rings. The van der Waals surface area contributed by atoms with Crippen molar-refractivity contribution in [2.45, 2.75) is 18.9 Å². The first-order valence-corrected chi connectivity index (χ1v) is 8.44. The Morgan fingerprint density at radius 2 is 2.15 bits per heavy atom. The molecule has 0 radical (unpaired) electrons. The Morgan fingerprint density at radius 3 is 2.96 bits per heavy atom. The second kappa shape index (κ2) is 6.76. The third-order valence-corrected chi connectivity index (χ3v) is 4.45. The maximum absolute atomic E-state index is 9.59. The van der Waals surface area contributed by atoms with E-state index < -0.39 is 0 Å². The number of nitrogens with two attached hydrogens (primary N) is 1. The molecule has 4 N–H and O–H groups in total. The molecule has 4 rings (SSSR count). The van der Waals surface area contributed by atoms with Crippen LogP contribution in [0.1, 0.15) is 17.5 Å². The van der Waals surface area contributed by atoms with Gasteiger partial charge >= 0.3 is 0 Å². The number of aromatic nitrogens is 2. The molecular formula is C19H18N6O. The summed E-state index contributed by atoms with van der Waals surface area (Å²) in [5.41, 5.74) is 9.04. The zero-order valence-corrected chi connectivity index (χ0v) is 14.1. The smallest absolute Gasteiger partial charge is 0.222 e. The van der Waals surface area contributed by atoms with E-state index in [1.807, 2.05) is 6.07 Å². The number of fused-ring (bicyclic) bond motifs is 1. The summed E-state index contributed by atoms with van der Waals surface area (Å²) in [6.45, 7) is 0.622. The van der Waals surface area contributed by atoms with Crippen molar-refractivity contribution in [2.24, 2.45) is 0 Å². The van der Waals surface area contributed by atoms with Crippen molar-refractivity contribution in [3.8, 4) is 17.5 Å². The van der Waals surface area contributed by atoms with Gasteiger partial charge in [0, 0.05) is 18.3 Å². The van der Waals surface area contributed by atoms with Crippen LogP contribution in [0.3, 0.4) is 0 Å². The Kier molecular flexibility index (Phi) is 4.15. The molecule has 0 spiro atoms. The summed E-state index contributed by atoms with van der Waals surface area (Å²) in [7, 11) is 0. The summed E-state index contributed by atoms with van der Waals surface area (Å²) in [6, 6.07) is 14.2. The van der Waals surface area contributed by atoms with Crippen molar-refractivity contribution in [3.05, 3.63) is 53.8 Å². The molecule has 3 aromatic rings. The van der Waals surface area contributed by atoms with Crippen molar-refractivity contribution in [1.82, 2.24) is 9.97 Å². The Balaban J connectivity index is 1.55. The highest BCUT2D eigenvalue weighted by Gasteiger charge is 2.20. The Labute approximate surface area is 150 Å². The number of nitriles is 1. The molecule has 1 aliphatic rings. The van der Waals surface area contributed by atoms with E-state index in [2.05, 4.69) is 44.9 Å². The van der Waals surface area contributed by atoms with Crippen molar-refractivity contribution in [2.75, 3.05) is 22.9 Å². The molecule has 1 aromatic carbocycles. The van der Waals surface area contributed by atoms with E-state index in [0.29, 0.717) is 29.4 Å². The fourth-order valence-corrected chi connectivity index (χ4v) is 3.18. The first-order valence-electron chi connectivity index (χ1n) is 8.44. The van der Waals surface area contributed by atoms with Gasteiger partial charge in [-0.05, 0) is 36.6 Å². The molecule has 7 heteroatoms. The largest absolute Gasteiger partial charge is 0.463 e. The monoisotopic (exact) mass is 346 g/mol. The SMILES string of the molecule is N#Cc1c(NC[C@H]2CCc3ccccc3N2)nc(N)nc1-c1ccco1. The first-order chi connectivity index (χ1) is 12.7. The number of nitrogens with one attached hydrogen (secondary N) is 2. The van der Waals surface area contributed by atoms with Gasteiger partial charge in [-0.15, -0.1) is 0 Å². The average molecular weight is 346 g/mol. The predicted octanol–water partition coefficient (Wildman–Crippen LogP) is 3.03. The van der Waals surface area contributed by atoms with Gasteiger partial charge in [0.05, 0.1) is 6.26 Å². The summed E-state index contributed by atoms with van der Waals surface area (Å²) < 4.78 is 5.37. The minimum absolute atomic E-state index is 0.0971. The zero-order valence-electron chi connectivity index (χ0n) is 14.1. The van der Waals surface area contributed by atoms with Crippen LogP contribution in [0.15, 0.2) is 47.1 Å². The molecule has 3 heterocycles. The Hall–Kier alpha value is -3.53. The van der Waals surface area contributed by atoms with Gasteiger partial charge < -0.3 is 20.8 Å². The third kappa shape index (κ3) is 3.05. The number of hydrogen-bond acceptors (Lipinski definition) is 7. The van der Waals surface area contributed by atoms with E-state index in [1.54, 1.807) is 12.1 Å². The fourth-order valence-electron chi connectivity index (χ4n) is 3.18. The second-order valence-corrected chi connectivity index (χ2v) is 6.16. The highest BCUT2D eigenvalue weighted by atomic mass is 16.3. The molecule has 0 amide bonds. The highest BCUT2D eigenvalue weighted by molar-refractivity contribution is 5.71. The minimum atomic E-state index is 0.0971. The van der Waals surface area contributed by atoms with Crippen LogP contribution in [0, 0.1) is 11.3 Å². The Bertz CT molecular complexity index is 961. The summed E-state index contributed by atoms with van der Waals surface area (Å²) in [4.78, 5) is 8.37. The van der Waals surface area contributed by atoms with E-state index in [9.17, 15) is 5.26 Å². The summed E-state index contributed by atoms with van der Waals surface area (Å²) in [5, 5.41) is 16.4. The van der Waals surface area contributed by atoms with Crippen molar-refractivity contribution >= 4 is 17.5 Å². The van der Waals surface area contributed by atoms with Gasteiger partial charge in [-0.3, -0.25) is 0 Å². The third-order valence-electron chi connectivity index (χ3n) is 4.45. The number of aryl methyl sites for hydroxylation is 1. The van der Waals surface area contributed by atoms with E-state index in [1.165, 1.54) is 11.8 Å². The van der Waals surface area contributed by atoms with Gasteiger partial charge in [-0.25, -0.2) is 4.98 Å². The van der Waals surface area contributed by atoms with Gasteiger partial charge in [-0.1, -0.05) is 18.2 Å². The summed E-state index contributed by atoms with van der Waals surface area (Å²) >= 11 is 0. The highest BCUT2D eigenvalue weighted by Crippen LogP contribution is 2.28. The van der Waals surface area contributed by atoms with Crippen molar-refractivity contribution in [1.29, 1.82) is 5.26 Å². The van der Waals surface area contributed by atoms with E-state index in [0.717, 1.165) is 18.5 Å². The molecule has 0 saturated carbocycles. The van der Waals surface area contributed by atoms with Crippen LogP contribution < -0.4 is 16.4 Å². The lowest BCUT2D eigenvalue weighted by Gasteiger charge is -2.27. The molecule has 0 saturated heterocycles. The van der Waals surface area contributed by atoms with Crippen LogP contribution in [0.25, 0.3) is 11.5 Å². The van der Waals surface area contributed by atoms with Gasteiger partial charge in [0.25, 0.3) is 0 Å². The van der Waals surface area contributed by atoms with Crippen LogP contribution in [-0.4, -0.2) is 22.6 Å². The maximum Gasteiger partial charge on any atom is 0.222 e. The fraction of sp³-hybridized carbons (Fsp3) is 0.211. The van der Waals surface area contributed by atoms with Crippen molar-refractivity contribution < 1.29 is 4.42 Å². The molecule has 0 unspecified atom stereocenters. The molecule has 2 aromatic heterocycles. The van der Waals surface area contributed by atoms with E-state index >= 15 is 0 Å². The lowest BCUT2D eigenvalue weighted by atomic mass is 9.98. The topological polar surface area (TPSA) is 113 Å². The number of furan rings is 1. The van der Waals surface area contributed by atoms with Crippen LogP contribution in [0.2, 0.25) is 0 Å². The van der Waals surface area contributed by atoms with Crippen LogP contribution in [0.5, 0.6) is 0 Å². The van der Waals surface area contributed by atoms with Crippen LogP contribution in [0.4, 0.5) is 17.5 Å². The molecule has 130 valence electrons. The quantitative estimate of drug-likeness (QED) is 0.665. The first kappa shape index (κ1) is 16.0. The number of hydrogen-bond donors (Lipinski definition) is 3. The van der Waals surface area contributed by atoms with Gasteiger partial charge in [0.15, 0.2) is 5.76 Å². The van der Waals surface area contributed by atoms with Gasteiger partial charge in [0.1, 0.15) is 23.1 Å². The zero-order chi connectivity index (χ0) is 17.9. The lowest BCUT2D eigenvalue weighted by molar-refractivity contribution is 0.579. The molecular weight excluding hydrogens is 328 g/mol. The van der Waals surface area contributed by atoms with Gasteiger partial charge in [-0.2, -0.15) is 10.2 Å². The average Bonchev–Trinajstić information content (AvgIpc) is 3.20. The second-order valence-electron chi connectivity index (χ2n) is 6.16. The van der Waals surface area contributed by atoms with E-state index in [-0.39, 0.29) is 12.0 Å². The normalized spacial score (nSPS) is 15.6. The minimum Gasteiger partial charge on any atom is -0.463 e. The molecule has 0 aliphatic carbocycles. The van der Waals surface area contributed by atoms with Crippen molar-refractivity contribution in [3.63, 3.8) is 0 Å². The predicted molar refractivity (Wildman–Crippen MR) is 99.5 cm³/mol. The summed E-state index contributed by atoms with van der Waals surface area (Å²) in [6.07, 6.45) is 3.55. The number of anilines is 3. The number of benzene rings is 1. The molecule has 26 heavy (non-hydrogen) atoms. The molecule has 1 atom stereocenters. The number of nitrogen functional groups attached to an aromatic ring is 1. The molecule has 1 aliphatic heterocycles. The summed E-state index contributed by atoms with van der Waals surface area (Å²) in [5.74, 6) is 1.01. The van der Waals surface area contributed by atoms with Gasteiger partial charge in [0.2, 0.25) is 5.95 Å². The standard InChI is InChI=1S/C19H18N6O/c20-10-14-17(16-6-3-9-26-16)24-19(21)25-18(14)22-11-13-8-7-12-4-1-2-5-15(12)23-13/h1-6,9,13,23H,7-8,11H2,(H3,21,22,24,25)/t13-/m1/s1. The number of rotatable bonds is 4. The molecule has 0 bridgehead atoms. The van der Waals surface area contributed by atoms with E-state index in [4.69, 9.17) is 10.2 Å². The lowest BCUT2D eigenvalue weighted by Crippen LogP contribution is -2.32.